The lowest BCUT2D eigenvalue weighted by atomic mass is 10.1. The minimum absolute atomic E-state index is 0.455. The average molecular weight is 355 g/mol. The van der Waals surface area contributed by atoms with Crippen LogP contribution in [0.2, 0.25) is 0 Å². The molecule has 0 saturated carbocycles. The Labute approximate surface area is 158 Å². The number of ether oxygens (including phenoxy) is 1. The Balaban J connectivity index is 2.13. The molecule has 3 aromatic carbocycles. The van der Waals surface area contributed by atoms with E-state index in [1.807, 2.05) is 91.0 Å². The molecule has 0 aliphatic heterocycles. The van der Waals surface area contributed by atoms with Crippen molar-refractivity contribution in [3.05, 3.63) is 96.6 Å². The maximum absolute atomic E-state index is 8.93. The highest BCUT2D eigenvalue weighted by molar-refractivity contribution is 7.73. The summed E-state index contributed by atoms with van der Waals surface area (Å²) in [7, 11) is -3.89. The molecule has 3 aromatic rings. The third-order valence-corrected chi connectivity index (χ3v) is 6.68. The van der Waals surface area contributed by atoms with Crippen LogP contribution in [-0.4, -0.2) is 19.9 Å². The minimum atomic E-state index is -2.77. The number of hydrogen-bond donors (Lipinski definition) is 1. The van der Waals surface area contributed by atoms with Crippen molar-refractivity contribution in [3.8, 4) is 0 Å². The first-order valence-electron chi connectivity index (χ1n) is 10.6. The fourth-order valence-electron chi connectivity index (χ4n) is 2.83. The first-order valence-corrected chi connectivity index (χ1v) is 9.48. The van der Waals surface area contributed by atoms with Crippen LogP contribution in [-0.2, 0) is 4.74 Å². The summed E-state index contributed by atoms with van der Waals surface area (Å²) in [6.07, 6.45) is -2.67. The van der Waals surface area contributed by atoms with E-state index in [2.05, 4.69) is 5.11 Å². The van der Waals surface area contributed by atoms with Gasteiger partial charge in [-0.15, -0.1) is 0 Å². The van der Waals surface area contributed by atoms with Gasteiger partial charge in [0.25, 0.3) is 0 Å². The third kappa shape index (κ3) is 4.55. The number of methoxy groups -OCH3 is 1. The predicted octanol–water partition coefficient (Wildman–Crippen LogP) is 4.22. The lowest BCUT2D eigenvalue weighted by molar-refractivity contribution is -0.0783. The number of hydrogen-bond acceptors (Lipinski definition) is 2. The van der Waals surface area contributed by atoms with E-state index < -0.39 is 33.3 Å². The fraction of sp³-hybridized carbons (Fsp3) is 0.182. The van der Waals surface area contributed by atoms with Crippen LogP contribution in [0, 0.1) is 0 Å². The van der Waals surface area contributed by atoms with Crippen LogP contribution in [0.5, 0.6) is 0 Å². The van der Waals surface area contributed by atoms with Gasteiger partial charge >= 0.3 is 0 Å². The van der Waals surface area contributed by atoms with E-state index in [-0.39, 0.29) is 0 Å². The van der Waals surface area contributed by atoms with Crippen molar-refractivity contribution in [2.24, 2.45) is 0 Å². The molecule has 0 saturated heterocycles. The number of aliphatic hydroxyl groups excluding tert-OH is 1. The molecular formula is C22H23O2P. The molecule has 3 heteroatoms. The van der Waals surface area contributed by atoms with Gasteiger partial charge in [-0.3, -0.25) is 0 Å². The van der Waals surface area contributed by atoms with Crippen molar-refractivity contribution >= 4 is 18.5 Å². The Kier molecular flexibility index (Phi) is 4.41. The molecule has 128 valence electrons. The van der Waals surface area contributed by atoms with Crippen molar-refractivity contribution in [2.45, 2.75) is 18.3 Å². The zero-order valence-corrected chi connectivity index (χ0v) is 14.6. The van der Waals surface area contributed by atoms with Crippen LogP contribution in [0.25, 0.3) is 0 Å². The monoisotopic (exact) mass is 355 g/mol. The molecule has 0 fully saturated rings. The zero-order chi connectivity index (χ0) is 21.6. The highest BCUT2D eigenvalue weighted by Crippen LogP contribution is 2.51. The normalized spacial score (nSPS) is 18.2. The summed E-state index contributed by atoms with van der Waals surface area (Å²) >= 11 is 0. The van der Waals surface area contributed by atoms with Crippen LogP contribution in [0.15, 0.2) is 91.0 Å². The van der Waals surface area contributed by atoms with Crippen molar-refractivity contribution < 1.29 is 15.3 Å². The maximum atomic E-state index is 8.93. The summed E-state index contributed by atoms with van der Waals surface area (Å²) in [6, 6.07) is 29.2. The van der Waals surface area contributed by atoms with E-state index in [0.29, 0.717) is 0 Å². The Bertz CT molecular complexity index is 854. The van der Waals surface area contributed by atoms with Gasteiger partial charge in [-0.2, -0.15) is 0 Å². The second-order valence-corrected chi connectivity index (χ2v) is 7.90. The quantitative estimate of drug-likeness (QED) is 0.484. The second kappa shape index (κ2) is 8.92. The summed E-state index contributed by atoms with van der Waals surface area (Å²) in [6.45, 7) is 0. The van der Waals surface area contributed by atoms with E-state index in [1.165, 1.54) is 0 Å². The first kappa shape index (κ1) is 12.4. The maximum Gasteiger partial charge on any atom is 0.213 e. The molecule has 2 nitrogen and oxygen atoms in total. The Morgan fingerprint density at radius 3 is 1.92 bits per heavy atom. The smallest absolute Gasteiger partial charge is 0.213 e. The van der Waals surface area contributed by atoms with Gasteiger partial charge < -0.3 is 9.85 Å². The third-order valence-electron chi connectivity index (χ3n) is 3.94. The SMILES string of the molecule is [2H]O[C@H](OC([2H])([2H])[2H])[C@@H]([2H])[C@@H](c1ccccc1)P(c1ccccc1)c1ccccc1. The molecule has 3 atom stereocenters. The molecule has 25 heavy (non-hydrogen) atoms. The van der Waals surface area contributed by atoms with E-state index in [4.69, 9.17) is 11.7 Å². The van der Waals surface area contributed by atoms with Crippen LogP contribution in [0.3, 0.4) is 0 Å². The highest BCUT2D eigenvalue weighted by atomic mass is 31.1. The van der Waals surface area contributed by atoms with Gasteiger partial charge in [0.15, 0.2) is 6.29 Å². The molecule has 0 aromatic heterocycles. The molecule has 0 aliphatic rings. The van der Waals surface area contributed by atoms with Crippen LogP contribution in [0.4, 0.5) is 0 Å². The van der Waals surface area contributed by atoms with Crippen molar-refractivity contribution in [1.29, 1.82) is 1.43 Å². The lowest BCUT2D eigenvalue weighted by Gasteiger charge is -2.30. The van der Waals surface area contributed by atoms with E-state index in [1.54, 1.807) is 0 Å². The molecule has 0 unspecified atom stereocenters. The van der Waals surface area contributed by atoms with Gasteiger partial charge in [0.1, 0.15) is 0 Å². The van der Waals surface area contributed by atoms with Gasteiger partial charge in [0, 0.05) is 20.5 Å². The molecule has 0 heterocycles. The number of benzene rings is 3. The summed E-state index contributed by atoms with van der Waals surface area (Å²) in [5.74, 6) is 0. The minimum Gasteiger partial charge on any atom is -0.368 e. The van der Waals surface area contributed by atoms with Crippen molar-refractivity contribution in [3.63, 3.8) is 0 Å². The second-order valence-electron chi connectivity index (χ2n) is 5.58. The standard InChI is InChI=1S/C22H23O2P/c1-24-22(23)17-21(18-11-5-2-6-12-18)25(19-13-7-3-8-14-19)20-15-9-4-10-16-20/h2-16,21-23H,17H2,1H3/t21-,22+/m0/s1/i1D3,17D,23D/t17-,21-,22+. The summed E-state index contributed by atoms with van der Waals surface area (Å²) in [5, 5.41) is 6.69. The molecule has 0 aliphatic carbocycles. The molecule has 1 N–H and O–H groups in total. The van der Waals surface area contributed by atoms with Crippen LogP contribution >= 0.6 is 7.92 Å². The molecular weight excluding hydrogens is 327 g/mol. The summed E-state index contributed by atoms with van der Waals surface area (Å²) < 4.78 is 43.5. The van der Waals surface area contributed by atoms with E-state index in [9.17, 15) is 0 Å². The lowest BCUT2D eigenvalue weighted by Crippen LogP contribution is -2.21. The van der Waals surface area contributed by atoms with Crippen LogP contribution < -0.4 is 10.6 Å². The van der Waals surface area contributed by atoms with E-state index in [0.717, 1.165) is 16.2 Å². The summed E-state index contributed by atoms with van der Waals surface area (Å²) in [5.41, 5.74) is 0.413. The molecule has 0 radical (unpaired) electrons. The Morgan fingerprint density at radius 2 is 1.44 bits per heavy atom. The predicted molar refractivity (Wildman–Crippen MR) is 106 cm³/mol. The van der Waals surface area contributed by atoms with E-state index >= 15 is 0 Å². The summed E-state index contributed by atoms with van der Waals surface area (Å²) in [4.78, 5) is 0. The molecule has 3 rings (SSSR count). The molecule has 0 spiro atoms. The van der Waals surface area contributed by atoms with Gasteiger partial charge in [-0.05, 0) is 24.1 Å². The van der Waals surface area contributed by atoms with Crippen molar-refractivity contribution in [1.82, 2.24) is 0 Å². The van der Waals surface area contributed by atoms with Gasteiger partial charge in [0.05, 0.1) is 4.11 Å². The Hall–Kier alpha value is -1.99. The van der Waals surface area contributed by atoms with Gasteiger partial charge in [-0.1, -0.05) is 91.0 Å². The number of aliphatic hydroxyl groups is 1. The van der Waals surface area contributed by atoms with Crippen LogP contribution in [0.1, 0.15) is 23.1 Å². The largest absolute Gasteiger partial charge is 0.368 e. The van der Waals surface area contributed by atoms with Gasteiger partial charge in [0.2, 0.25) is 1.43 Å². The Morgan fingerprint density at radius 1 is 0.920 bits per heavy atom. The van der Waals surface area contributed by atoms with Gasteiger partial charge in [-0.25, -0.2) is 0 Å². The number of rotatable bonds is 8. The van der Waals surface area contributed by atoms with Crippen molar-refractivity contribution in [2.75, 3.05) is 7.04 Å². The first-order chi connectivity index (χ1) is 14.4. The topological polar surface area (TPSA) is 29.5 Å². The fourth-order valence-corrected chi connectivity index (χ4v) is 5.54. The highest BCUT2D eigenvalue weighted by Gasteiger charge is 2.28. The zero-order valence-electron chi connectivity index (χ0n) is 18.7. The molecule has 0 bridgehead atoms. The molecule has 0 amide bonds. The average Bonchev–Trinajstić information content (AvgIpc) is 2.76.